The second-order valence-corrected chi connectivity index (χ2v) is 24.4. The Balaban J connectivity index is 0.000000599. The van der Waals surface area contributed by atoms with Crippen molar-refractivity contribution < 1.29 is 140 Å². The number of hydrogen-bond donors (Lipinski definition) is 0. The Morgan fingerprint density at radius 3 is 0.962 bits per heavy atom. The van der Waals surface area contributed by atoms with E-state index >= 15 is 0 Å². The third-order valence-corrected chi connectivity index (χ3v) is 17.0. The molecular weight excluding hydrogens is 1680 g/mol. The molecule has 8 rings (SSSR count). The van der Waals surface area contributed by atoms with E-state index in [2.05, 4.69) is 31.9 Å². The van der Waals surface area contributed by atoms with E-state index in [4.69, 9.17) is 34.8 Å². The lowest BCUT2D eigenvalue weighted by atomic mass is 9.99. The van der Waals surface area contributed by atoms with Crippen molar-refractivity contribution in [1.29, 1.82) is 0 Å². The summed E-state index contributed by atoms with van der Waals surface area (Å²) in [5, 5.41) is -0.0252. The highest BCUT2D eigenvalue weighted by Crippen LogP contribution is 2.45. The summed E-state index contributed by atoms with van der Waals surface area (Å²) in [5.41, 5.74) is -9.57. The predicted molar refractivity (Wildman–Crippen MR) is 334 cm³/mol. The third-order valence-electron chi connectivity index (χ3n) is 13.4. The van der Waals surface area contributed by atoms with Crippen LogP contribution in [-0.4, -0.2) is 0 Å². The smallest absolute Gasteiger partial charge is 0.207 e. The molecule has 0 saturated carbocycles. The molecule has 0 aliphatic rings. The summed E-state index contributed by atoms with van der Waals surface area (Å²) in [7, 11) is 0. The van der Waals surface area contributed by atoms with Crippen molar-refractivity contribution in [2.45, 2.75) is 126 Å². The molecule has 0 unspecified atom stereocenters. The fourth-order valence-corrected chi connectivity index (χ4v) is 9.44. The first-order chi connectivity index (χ1) is 46.6. The van der Waals surface area contributed by atoms with Crippen LogP contribution in [0.1, 0.15) is 106 Å². The molecule has 0 bridgehead atoms. The van der Waals surface area contributed by atoms with Gasteiger partial charge in [0, 0.05) is 15.0 Å². The van der Waals surface area contributed by atoms with Crippen molar-refractivity contribution in [3.63, 3.8) is 0 Å². The maximum Gasteiger partial charge on any atom is 0.419 e. The Morgan fingerprint density at radius 2 is 0.567 bits per heavy atom. The van der Waals surface area contributed by atoms with Crippen LogP contribution in [0.15, 0.2) is 106 Å². The monoisotopic (exact) mass is 1720 g/mol. The maximum atomic E-state index is 12.9. The van der Waals surface area contributed by atoms with E-state index in [9.17, 15) is 140 Å². The summed E-state index contributed by atoms with van der Waals surface area (Å²) >= 11 is 23.0. The fraction of sp³-hybridized carbons (Fsp3) is 0.284. The molecule has 0 aliphatic carbocycles. The normalized spacial score (nSPS) is 11.8. The van der Waals surface area contributed by atoms with Gasteiger partial charge in [-0.1, -0.05) is 34.8 Å². The second-order valence-electron chi connectivity index (χ2n) is 21.6. The van der Waals surface area contributed by atoms with Crippen molar-refractivity contribution in [1.82, 2.24) is 0 Å². The topological polar surface area (TPSA) is 0 Å². The van der Waals surface area contributed by atoms with Gasteiger partial charge in [0.25, 0.3) is 0 Å². The first-order valence-corrected chi connectivity index (χ1v) is 30.4. The van der Waals surface area contributed by atoms with Gasteiger partial charge in [-0.15, -0.1) is 0 Å². The Morgan fingerprint density at radius 1 is 0.250 bits per heavy atom. The van der Waals surface area contributed by atoms with Crippen LogP contribution in [0.25, 0.3) is 0 Å². The number of aryl methyl sites for hydroxylation is 9. The molecule has 37 heteroatoms. The maximum absolute atomic E-state index is 12.9. The second kappa shape index (κ2) is 37.2. The van der Waals surface area contributed by atoms with Crippen molar-refractivity contribution in [3.05, 3.63) is 273 Å². The van der Waals surface area contributed by atoms with Gasteiger partial charge in [0.2, 0.25) is 0 Å². The summed E-state index contributed by atoms with van der Waals surface area (Å²) < 4.78 is 397. The molecule has 0 heterocycles. The average Bonchev–Trinajstić information content (AvgIpc) is 0.805. The van der Waals surface area contributed by atoms with Crippen LogP contribution in [0, 0.1) is 123 Å². The van der Waals surface area contributed by atoms with Gasteiger partial charge < -0.3 is 0 Å². The summed E-state index contributed by atoms with van der Waals surface area (Å²) in [5.74, 6) is -6.85. The molecule has 0 aliphatic heterocycles. The highest BCUT2D eigenvalue weighted by molar-refractivity contribution is 9.13. The number of benzene rings is 8. The largest absolute Gasteiger partial charge is 0.419 e. The van der Waals surface area contributed by atoms with Gasteiger partial charge in [0.05, 0.1) is 59.6 Å². The third kappa shape index (κ3) is 29.6. The lowest BCUT2D eigenvalue weighted by Crippen LogP contribution is -2.18. The highest BCUT2D eigenvalue weighted by atomic mass is 79.9. The van der Waals surface area contributed by atoms with Crippen LogP contribution in [0.3, 0.4) is 0 Å². The zero-order valence-electron chi connectivity index (χ0n) is 54.2. The van der Waals surface area contributed by atoms with E-state index in [0.29, 0.717) is 34.9 Å². The minimum Gasteiger partial charge on any atom is -0.207 e. The first-order valence-electron chi connectivity index (χ1n) is 27.7. The van der Waals surface area contributed by atoms with E-state index in [0.717, 1.165) is 59.4 Å². The Kier molecular flexibility index (Phi) is 34.2. The van der Waals surface area contributed by atoms with Crippen LogP contribution in [0.4, 0.5) is 140 Å². The first kappa shape index (κ1) is 95.4. The summed E-state index contributed by atoms with van der Waals surface area (Å²) in [6, 6.07) is 11.8. The summed E-state index contributed by atoms with van der Waals surface area (Å²) in [4.78, 5) is 0. The molecule has 0 spiro atoms. The van der Waals surface area contributed by atoms with Crippen molar-refractivity contribution in [2.75, 3.05) is 0 Å². The minimum absolute atomic E-state index is 0.00926. The van der Waals surface area contributed by atoms with Gasteiger partial charge >= 0.3 is 49.4 Å². The molecule has 0 atom stereocenters. The van der Waals surface area contributed by atoms with Gasteiger partial charge in [-0.25, -0.2) is 35.1 Å². The zero-order chi connectivity index (χ0) is 81.8. The SMILES string of the molecule is Cc1cc(C(F)(F)F)cc(C(F)(F)F)c1C.Cc1cc(C(F)(F)F)cc(C(F)(F)F)c1Cl.Cc1cc(C(F)(F)F)cc(F)c1C(F)(F)F.Cc1cc(F)cc(Br)c1Br.Cc1cc(F)cc(C(F)(F)F)c1C(F)(F)F.Cc1cc(F)cc(C)c1C.Cc1cc(F)cc(Cl)c1Cl.Cc1cc(F)cc(F)c1F. The number of hydrogen-bond acceptors (Lipinski definition) is 0. The molecule has 104 heavy (non-hydrogen) atoms. The van der Waals surface area contributed by atoms with Crippen LogP contribution in [0.5, 0.6) is 0 Å². The molecular formula is C67H49Br2Cl3F32. The molecule has 8 aromatic rings. The van der Waals surface area contributed by atoms with E-state index in [1.165, 1.54) is 43.7 Å². The Bertz CT molecular complexity index is 3830. The van der Waals surface area contributed by atoms with Gasteiger partial charge in [-0.2, -0.15) is 105 Å². The quantitative estimate of drug-likeness (QED) is 0.105. The molecule has 8 aromatic carbocycles. The summed E-state index contributed by atoms with van der Waals surface area (Å²) in [6.45, 7) is 15.7. The fourth-order valence-electron chi connectivity index (χ4n) is 8.10. The predicted octanol–water partition coefficient (Wildman–Crippen LogP) is 29.6. The molecule has 0 nitrogen and oxygen atoms in total. The van der Waals surface area contributed by atoms with E-state index < -0.39 is 139 Å². The van der Waals surface area contributed by atoms with E-state index in [1.807, 2.05) is 27.7 Å². The molecule has 0 saturated heterocycles. The van der Waals surface area contributed by atoms with E-state index in [1.54, 1.807) is 19.1 Å². The van der Waals surface area contributed by atoms with Gasteiger partial charge in [-0.3, -0.25) is 0 Å². The Hall–Kier alpha value is -6.65. The van der Waals surface area contributed by atoms with Gasteiger partial charge in [0.15, 0.2) is 11.6 Å². The van der Waals surface area contributed by atoms with Gasteiger partial charge in [-0.05, 0) is 260 Å². The van der Waals surface area contributed by atoms with E-state index in [-0.39, 0.29) is 75.1 Å². The summed E-state index contributed by atoms with van der Waals surface area (Å²) in [6.07, 6.45) is -39.5. The van der Waals surface area contributed by atoms with Crippen molar-refractivity contribution >= 4 is 66.7 Å². The van der Waals surface area contributed by atoms with Crippen LogP contribution in [0.2, 0.25) is 15.1 Å². The van der Waals surface area contributed by atoms with Crippen LogP contribution >= 0.6 is 66.7 Å². The molecule has 0 amide bonds. The lowest BCUT2D eigenvalue weighted by molar-refractivity contribution is -0.162. The molecule has 576 valence electrons. The Labute approximate surface area is 603 Å². The number of halogens is 37. The highest BCUT2D eigenvalue weighted by Gasteiger charge is 2.45. The standard InChI is InChI=1S/C10H8F6.C9H5ClF6.2C9H5F7.C9H11F.C7H5Br2F.C7H5Cl2F.C7H5F3/c1-5-3-7(9(11,12)13)4-8(6(5)2)10(14,15)16;1-4-2-5(8(11,12)13)3-6(7(4)10)9(14,15)16;1-4-2-5(10)3-6(8(11,12)13)7(4)9(14,15)16;1-4-2-5(8(11,12)13)3-6(10)7(4)9(14,15)16;1-6-4-9(10)5-7(2)8(6)3;2*1-4-2-5(10)3-6(8)7(4)9;1-4-2-5(8)3-6(9)7(4)10/h3-4H,1-2H3;3*2-3H,1H3;4-5H,1-3H3;3*2-3H,1H3. The van der Waals surface area contributed by atoms with Gasteiger partial charge in [0.1, 0.15) is 34.9 Å². The molecule has 0 aromatic heterocycles. The molecule has 0 fully saturated rings. The number of rotatable bonds is 0. The van der Waals surface area contributed by atoms with Crippen molar-refractivity contribution in [2.24, 2.45) is 0 Å². The number of alkyl halides is 24. The minimum atomic E-state index is -5.24. The van der Waals surface area contributed by atoms with Crippen LogP contribution in [-0.2, 0) is 49.4 Å². The zero-order valence-corrected chi connectivity index (χ0v) is 59.7. The molecule has 0 radical (unpaired) electrons. The van der Waals surface area contributed by atoms with Crippen LogP contribution < -0.4 is 0 Å². The molecule has 0 N–H and O–H groups in total. The lowest BCUT2D eigenvalue weighted by Gasteiger charge is -2.17. The average molecular weight is 1730 g/mol. The van der Waals surface area contributed by atoms with Crippen molar-refractivity contribution in [3.8, 4) is 0 Å².